The molecule has 2 N–H and O–H groups in total. The molecule has 0 aromatic carbocycles. The van der Waals surface area contributed by atoms with Gasteiger partial charge in [-0.3, -0.25) is 4.79 Å². The fraction of sp³-hybridized carbons (Fsp3) is 0.500. The molecule has 0 radical (unpaired) electrons. The Balaban J connectivity index is 0. The van der Waals surface area contributed by atoms with E-state index in [0.717, 1.165) is 0 Å². The van der Waals surface area contributed by atoms with Crippen LogP contribution >= 0.6 is 28.3 Å². The third-order valence-electron chi connectivity index (χ3n) is 0.160. The van der Waals surface area contributed by atoms with Gasteiger partial charge in [-0.05, 0) is 15.9 Å². The fourth-order valence-corrected chi connectivity index (χ4v) is 0. The van der Waals surface area contributed by atoms with E-state index in [1.165, 1.54) is 0 Å². The first-order valence-corrected chi connectivity index (χ1v) is 1.95. The quantitative estimate of drug-likeness (QED) is 0.581. The molecule has 2 nitrogen and oxygen atoms in total. The van der Waals surface area contributed by atoms with E-state index >= 15 is 0 Å². The van der Waals surface area contributed by atoms with Gasteiger partial charge in [0.05, 0.1) is 6.54 Å². The average molecular weight is 174 g/mol. The van der Waals surface area contributed by atoms with Crippen LogP contribution in [0.4, 0.5) is 0 Å². The molecule has 0 bridgehead atoms. The summed E-state index contributed by atoms with van der Waals surface area (Å²) < 4.78 is -0.155. The van der Waals surface area contributed by atoms with Crippen molar-refractivity contribution in [1.82, 2.24) is 0 Å². The highest BCUT2D eigenvalue weighted by molar-refractivity contribution is 9.18. The Morgan fingerprint density at radius 3 is 2.00 bits per heavy atom. The Hall–Kier alpha value is 0.400. The summed E-state index contributed by atoms with van der Waals surface area (Å²) >= 11 is 2.61. The molecule has 4 heteroatoms. The molecule has 0 rings (SSSR count). The lowest BCUT2D eigenvalue weighted by Crippen LogP contribution is -2.04. The molecule has 0 fully saturated rings. The van der Waals surface area contributed by atoms with Crippen LogP contribution < -0.4 is 5.73 Å². The van der Waals surface area contributed by atoms with Crippen LogP contribution in [0.2, 0.25) is 0 Å². The molecule has 0 aliphatic rings. The van der Waals surface area contributed by atoms with E-state index in [1.807, 2.05) is 0 Å². The first-order valence-electron chi connectivity index (χ1n) is 1.15. The highest BCUT2D eigenvalue weighted by atomic mass is 79.9. The van der Waals surface area contributed by atoms with Gasteiger partial charge in [-0.15, -0.1) is 12.4 Å². The van der Waals surface area contributed by atoms with E-state index in [9.17, 15) is 4.79 Å². The van der Waals surface area contributed by atoms with Crippen LogP contribution in [0.25, 0.3) is 0 Å². The Bertz CT molecular complexity index is 48.8. The van der Waals surface area contributed by atoms with Crippen LogP contribution in [0.5, 0.6) is 0 Å². The molecule has 0 spiro atoms. The van der Waals surface area contributed by atoms with Crippen molar-refractivity contribution in [2.45, 2.75) is 0 Å². The predicted molar refractivity (Wildman–Crippen MR) is 30.2 cm³/mol. The Morgan fingerprint density at radius 1 is 1.83 bits per heavy atom. The van der Waals surface area contributed by atoms with Gasteiger partial charge in [-0.1, -0.05) is 0 Å². The fourth-order valence-electron chi connectivity index (χ4n) is 0. The molecule has 0 atom stereocenters. The van der Waals surface area contributed by atoms with E-state index in [1.54, 1.807) is 0 Å². The molecule has 0 unspecified atom stereocenters. The second-order valence-corrected chi connectivity index (χ2v) is 1.44. The van der Waals surface area contributed by atoms with Gasteiger partial charge < -0.3 is 5.73 Å². The summed E-state index contributed by atoms with van der Waals surface area (Å²) in [4.78, 5) is 9.60. The van der Waals surface area contributed by atoms with Gasteiger partial charge in [0.2, 0.25) is 4.69 Å². The van der Waals surface area contributed by atoms with E-state index in [0.29, 0.717) is 0 Å². The molecule has 0 aromatic heterocycles. The monoisotopic (exact) mass is 173 g/mol. The van der Waals surface area contributed by atoms with E-state index in [2.05, 4.69) is 15.9 Å². The maximum atomic E-state index is 9.60. The maximum absolute atomic E-state index is 9.60. The zero-order valence-electron chi connectivity index (χ0n) is 2.98. The lowest BCUT2D eigenvalue weighted by Gasteiger charge is -1.70. The van der Waals surface area contributed by atoms with Crippen molar-refractivity contribution in [3.63, 3.8) is 0 Å². The van der Waals surface area contributed by atoms with Gasteiger partial charge in [-0.2, -0.15) is 0 Å². The molecule has 0 heterocycles. The SMILES string of the molecule is Cl.NCC(=O)Br. The molecule has 0 aliphatic heterocycles. The van der Waals surface area contributed by atoms with Gasteiger partial charge in [0.15, 0.2) is 0 Å². The molecule has 0 saturated heterocycles. The molecular formula is C2H5BrClNO. The summed E-state index contributed by atoms with van der Waals surface area (Å²) in [6, 6.07) is 0. The number of halogens is 2. The average Bonchev–Trinajstić information content (AvgIpc) is 1.38. The number of hydrogen-bond donors (Lipinski definition) is 1. The Labute approximate surface area is 50.6 Å². The highest BCUT2D eigenvalue weighted by Crippen LogP contribution is 1.74. The smallest absolute Gasteiger partial charge is 0.211 e. The lowest BCUT2D eigenvalue weighted by molar-refractivity contribution is -0.109. The van der Waals surface area contributed by atoms with Crippen molar-refractivity contribution in [2.24, 2.45) is 5.73 Å². The third kappa shape index (κ3) is 8.83. The molecule has 0 amide bonds. The summed E-state index contributed by atoms with van der Waals surface area (Å²) in [6.45, 7) is 0.0833. The molecular weight excluding hydrogens is 169 g/mol. The van der Waals surface area contributed by atoms with Crippen LogP contribution in [-0.4, -0.2) is 11.2 Å². The molecule has 0 aromatic rings. The number of rotatable bonds is 1. The minimum atomic E-state index is -0.155. The number of carbonyl (C=O) groups is 1. The first kappa shape index (κ1) is 9.64. The van der Waals surface area contributed by atoms with E-state index in [4.69, 9.17) is 5.73 Å². The Morgan fingerprint density at radius 2 is 2.00 bits per heavy atom. The van der Waals surface area contributed by atoms with Gasteiger partial charge in [0.1, 0.15) is 0 Å². The summed E-state index contributed by atoms with van der Waals surface area (Å²) in [6.07, 6.45) is 0. The van der Waals surface area contributed by atoms with Crippen LogP contribution in [-0.2, 0) is 4.79 Å². The maximum Gasteiger partial charge on any atom is 0.211 e. The predicted octanol–water partition coefficient (Wildman–Crippen LogP) is 0.288. The molecule has 0 saturated carbocycles. The van der Waals surface area contributed by atoms with Crippen LogP contribution in [0.3, 0.4) is 0 Å². The van der Waals surface area contributed by atoms with Crippen molar-refractivity contribution in [2.75, 3.05) is 6.54 Å². The summed E-state index contributed by atoms with van der Waals surface area (Å²) in [5.74, 6) is 0. The normalized spacial score (nSPS) is 6.33. The number of nitrogens with two attached hydrogens (primary N) is 1. The number of hydrogen-bond acceptors (Lipinski definition) is 2. The minimum absolute atomic E-state index is 0. The summed E-state index contributed by atoms with van der Waals surface area (Å²) in [5.41, 5.74) is 4.77. The summed E-state index contributed by atoms with van der Waals surface area (Å²) in [5, 5.41) is 0. The van der Waals surface area contributed by atoms with Crippen LogP contribution in [0.1, 0.15) is 0 Å². The molecule has 38 valence electrons. The zero-order chi connectivity index (χ0) is 4.28. The standard InChI is InChI=1S/C2H4BrNO.ClH/c3-2(5)1-4;/h1,4H2;1H. The van der Waals surface area contributed by atoms with Gasteiger partial charge >= 0.3 is 0 Å². The van der Waals surface area contributed by atoms with Crippen molar-refractivity contribution in [3.8, 4) is 0 Å². The van der Waals surface area contributed by atoms with Gasteiger partial charge in [0.25, 0.3) is 0 Å². The summed E-state index contributed by atoms with van der Waals surface area (Å²) in [7, 11) is 0. The van der Waals surface area contributed by atoms with Crippen molar-refractivity contribution < 1.29 is 4.79 Å². The second kappa shape index (κ2) is 5.40. The lowest BCUT2D eigenvalue weighted by atomic mass is 10.8. The zero-order valence-corrected chi connectivity index (χ0v) is 5.38. The minimum Gasteiger partial charge on any atom is -0.323 e. The van der Waals surface area contributed by atoms with Crippen LogP contribution in [0.15, 0.2) is 0 Å². The largest absolute Gasteiger partial charge is 0.323 e. The highest BCUT2D eigenvalue weighted by Gasteiger charge is 1.80. The van der Waals surface area contributed by atoms with Crippen molar-refractivity contribution >= 4 is 33.0 Å². The Kier molecular flexibility index (Phi) is 8.68. The molecule has 0 aliphatic carbocycles. The van der Waals surface area contributed by atoms with E-state index in [-0.39, 0.29) is 23.6 Å². The molecule has 6 heavy (non-hydrogen) atoms. The number of carbonyl (C=O) groups excluding carboxylic acids is 1. The van der Waals surface area contributed by atoms with Gasteiger partial charge in [0, 0.05) is 0 Å². The first-order chi connectivity index (χ1) is 2.27. The van der Waals surface area contributed by atoms with Crippen molar-refractivity contribution in [1.29, 1.82) is 0 Å². The van der Waals surface area contributed by atoms with Crippen LogP contribution in [0, 0.1) is 0 Å². The van der Waals surface area contributed by atoms with Crippen molar-refractivity contribution in [3.05, 3.63) is 0 Å². The topological polar surface area (TPSA) is 43.1 Å². The second-order valence-electron chi connectivity index (χ2n) is 0.559. The van der Waals surface area contributed by atoms with Gasteiger partial charge in [-0.25, -0.2) is 0 Å². The third-order valence-corrected chi connectivity index (χ3v) is 0.484. The van der Waals surface area contributed by atoms with E-state index < -0.39 is 0 Å².